The van der Waals surface area contributed by atoms with E-state index in [2.05, 4.69) is 5.10 Å². The van der Waals surface area contributed by atoms with E-state index in [-0.39, 0.29) is 23.3 Å². The number of fused-ring (bicyclic) bond motifs is 1. The van der Waals surface area contributed by atoms with Crippen LogP contribution in [0.15, 0.2) is 18.2 Å². The molecular formula is C11H10F3N3O2. The average molecular weight is 273 g/mol. The number of nitrogen functional groups attached to an aromatic ring is 1. The molecule has 1 aromatic heterocycles. The molecule has 1 aromatic carbocycles. The van der Waals surface area contributed by atoms with Crippen LogP contribution in [-0.2, 0) is 10.9 Å². The standard InChI is InChI=1S/C11H10F3N3O2/c1-2-19-10(18)17-7-5-3-4-6(11(12,13)14)8(7)9(15)16-17/h3-5H,2H2,1H3,(H2,15,16). The second kappa shape index (κ2) is 4.45. The molecule has 0 fully saturated rings. The van der Waals surface area contributed by atoms with Crippen LogP contribution in [0.25, 0.3) is 10.9 Å². The topological polar surface area (TPSA) is 70.1 Å². The first-order valence-electron chi connectivity index (χ1n) is 5.37. The zero-order valence-corrected chi connectivity index (χ0v) is 9.86. The van der Waals surface area contributed by atoms with Gasteiger partial charge in [0.15, 0.2) is 5.82 Å². The van der Waals surface area contributed by atoms with Crippen LogP contribution >= 0.6 is 0 Å². The van der Waals surface area contributed by atoms with Crippen LogP contribution in [0.2, 0.25) is 0 Å². The van der Waals surface area contributed by atoms with Crippen LogP contribution in [0.5, 0.6) is 0 Å². The fraction of sp³-hybridized carbons (Fsp3) is 0.273. The molecule has 8 heteroatoms. The minimum Gasteiger partial charge on any atom is -0.448 e. The van der Waals surface area contributed by atoms with Crippen molar-refractivity contribution in [2.24, 2.45) is 0 Å². The van der Waals surface area contributed by atoms with Gasteiger partial charge < -0.3 is 10.5 Å². The molecule has 0 unspecified atom stereocenters. The molecule has 2 aromatic rings. The van der Waals surface area contributed by atoms with Crippen LogP contribution < -0.4 is 5.73 Å². The van der Waals surface area contributed by atoms with Crippen molar-refractivity contribution in [2.75, 3.05) is 12.3 Å². The number of rotatable bonds is 1. The third-order valence-electron chi connectivity index (χ3n) is 2.48. The van der Waals surface area contributed by atoms with E-state index >= 15 is 0 Å². The van der Waals surface area contributed by atoms with Crippen LogP contribution in [0.4, 0.5) is 23.8 Å². The van der Waals surface area contributed by atoms with E-state index in [4.69, 9.17) is 10.5 Å². The van der Waals surface area contributed by atoms with Gasteiger partial charge in [0.25, 0.3) is 0 Å². The predicted molar refractivity (Wildman–Crippen MR) is 61.6 cm³/mol. The first-order valence-corrected chi connectivity index (χ1v) is 5.37. The second-order valence-electron chi connectivity index (χ2n) is 3.69. The summed E-state index contributed by atoms with van der Waals surface area (Å²) in [5, 5.41) is 3.30. The maximum absolute atomic E-state index is 12.8. The Hall–Kier alpha value is -2.25. The molecular weight excluding hydrogens is 263 g/mol. The fourth-order valence-electron chi connectivity index (χ4n) is 1.76. The maximum Gasteiger partial charge on any atom is 0.435 e. The van der Waals surface area contributed by atoms with Gasteiger partial charge in [-0.05, 0) is 19.1 Å². The number of hydrogen-bond donors (Lipinski definition) is 1. The molecule has 0 spiro atoms. The van der Waals surface area contributed by atoms with Gasteiger partial charge in [0, 0.05) is 0 Å². The predicted octanol–water partition coefficient (Wildman–Crippen LogP) is 2.64. The third kappa shape index (κ3) is 2.20. The first kappa shape index (κ1) is 13.2. The summed E-state index contributed by atoms with van der Waals surface area (Å²) in [5.41, 5.74) is 4.50. The Morgan fingerprint density at radius 3 is 2.74 bits per heavy atom. The van der Waals surface area contributed by atoms with Crippen LogP contribution in [0, 0.1) is 0 Å². The molecule has 2 N–H and O–H groups in total. The number of nitrogens with two attached hydrogens (primary N) is 1. The highest BCUT2D eigenvalue weighted by Crippen LogP contribution is 2.37. The van der Waals surface area contributed by atoms with Crippen LogP contribution in [0.1, 0.15) is 12.5 Å². The number of carbonyl (C=O) groups excluding carboxylic acids is 1. The van der Waals surface area contributed by atoms with Gasteiger partial charge in [-0.25, -0.2) is 4.79 Å². The summed E-state index contributed by atoms with van der Waals surface area (Å²) in [4.78, 5) is 11.6. The van der Waals surface area contributed by atoms with Crippen molar-refractivity contribution in [3.63, 3.8) is 0 Å². The van der Waals surface area contributed by atoms with E-state index in [0.717, 1.165) is 10.7 Å². The lowest BCUT2D eigenvalue weighted by molar-refractivity contribution is -0.136. The summed E-state index contributed by atoms with van der Waals surface area (Å²) >= 11 is 0. The molecule has 0 aliphatic rings. The highest BCUT2D eigenvalue weighted by molar-refractivity contribution is 5.97. The van der Waals surface area contributed by atoms with Crippen molar-refractivity contribution in [1.29, 1.82) is 0 Å². The molecule has 0 amide bonds. The Labute approximate surface area is 105 Å². The van der Waals surface area contributed by atoms with E-state index in [9.17, 15) is 18.0 Å². The van der Waals surface area contributed by atoms with Gasteiger partial charge in [0.1, 0.15) is 0 Å². The number of anilines is 1. The molecule has 0 aliphatic carbocycles. The molecule has 0 aliphatic heterocycles. The van der Waals surface area contributed by atoms with Crippen molar-refractivity contribution in [3.05, 3.63) is 23.8 Å². The average Bonchev–Trinajstić information content (AvgIpc) is 2.66. The Morgan fingerprint density at radius 1 is 1.47 bits per heavy atom. The highest BCUT2D eigenvalue weighted by atomic mass is 19.4. The van der Waals surface area contributed by atoms with E-state index in [1.165, 1.54) is 12.1 Å². The first-order chi connectivity index (χ1) is 8.86. The third-order valence-corrected chi connectivity index (χ3v) is 2.48. The van der Waals surface area contributed by atoms with Gasteiger partial charge in [0.05, 0.1) is 23.1 Å². The van der Waals surface area contributed by atoms with Crippen molar-refractivity contribution in [1.82, 2.24) is 9.78 Å². The monoisotopic (exact) mass is 273 g/mol. The van der Waals surface area contributed by atoms with Gasteiger partial charge in [-0.15, -0.1) is 5.10 Å². The summed E-state index contributed by atoms with van der Waals surface area (Å²) in [6.45, 7) is 1.66. The summed E-state index contributed by atoms with van der Waals surface area (Å²) in [7, 11) is 0. The Balaban J connectivity index is 2.70. The number of benzene rings is 1. The molecule has 19 heavy (non-hydrogen) atoms. The number of aromatic nitrogens is 2. The van der Waals surface area contributed by atoms with E-state index in [1.54, 1.807) is 6.92 Å². The molecule has 5 nitrogen and oxygen atoms in total. The molecule has 102 valence electrons. The van der Waals surface area contributed by atoms with Gasteiger partial charge in [-0.2, -0.15) is 17.9 Å². The number of halogens is 3. The largest absolute Gasteiger partial charge is 0.448 e. The van der Waals surface area contributed by atoms with Crippen molar-refractivity contribution >= 4 is 22.8 Å². The highest BCUT2D eigenvalue weighted by Gasteiger charge is 2.34. The summed E-state index contributed by atoms with van der Waals surface area (Å²) < 4.78 is 44.0. The van der Waals surface area contributed by atoms with Gasteiger partial charge in [-0.3, -0.25) is 0 Å². The summed E-state index contributed by atoms with van der Waals surface area (Å²) in [5.74, 6) is -0.365. The summed E-state index contributed by atoms with van der Waals surface area (Å²) in [6.07, 6.45) is -5.44. The molecule has 0 bridgehead atoms. The zero-order chi connectivity index (χ0) is 14.2. The van der Waals surface area contributed by atoms with E-state index in [0.29, 0.717) is 0 Å². The van der Waals surface area contributed by atoms with Crippen molar-refractivity contribution in [2.45, 2.75) is 13.1 Å². The van der Waals surface area contributed by atoms with E-state index < -0.39 is 17.8 Å². The molecule has 0 saturated heterocycles. The SMILES string of the molecule is CCOC(=O)n1nc(N)c2c(C(F)(F)F)cccc21. The maximum atomic E-state index is 12.8. The molecule has 0 saturated carbocycles. The fourth-order valence-corrected chi connectivity index (χ4v) is 1.76. The number of nitrogens with zero attached hydrogens (tertiary/aromatic N) is 2. The number of hydrogen-bond acceptors (Lipinski definition) is 4. The normalized spacial score (nSPS) is 11.8. The molecule has 0 radical (unpaired) electrons. The van der Waals surface area contributed by atoms with Gasteiger partial charge in [-0.1, -0.05) is 6.07 Å². The minimum atomic E-state index is -4.57. The van der Waals surface area contributed by atoms with Crippen molar-refractivity contribution < 1.29 is 22.7 Å². The number of carbonyl (C=O) groups is 1. The number of ether oxygens (including phenoxy) is 1. The lowest BCUT2D eigenvalue weighted by Crippen LogP contribution is -2.15. The van der Waals surface area contributed by atoms with E-state index in [1.807, 2.05) is 0 Å². The molecule has 2 rings (SSSR count). The van der Waals surface area contributed by atoms with Gasteiger partial charge in [0.2, 0.25) is 0 Å². The minimum absolute atomic E-state index is 0.0363. The lowest BCUT2D eigenvalue weighted by Gasteiger charge is -2.08. The lowest BCUT2D eigenvalue weighted by atomic mass is 10.1. The van der Waals surface area contributed by atoms with Crippen molar-refractivity contribution in [3.8, 4) is 0 Å². The Morgan fingerprint density at radius 2 is 2.16 bits per heavy atom. The number of alkyl halides is 3. The van der Waals surface area contributed by atoms with Crippen LogP contribution in [0.3, 0.4) is 0 Å². The quantitative estimate of drug-likeness (QED) is 0.867. The zero-order valence-electron chi connectivity index (χ0n) is 9.86. The second-order valence-corrected chi connectivity index (χ2v) is 3.69. The smallest absolute Gasteiger partial charge is 0.435 e. The van der Waals surface area contributed by atoms with Crippen LogP contribution in [-0.4, -0.2) is 22.5 Å². The Bertz CT molecular complexity index is 634. The molecule has 0 atom stereocenters. The summed E-state index contributed by atoms with van der Waals surface area (Å²) in [6, 6.07) is 3.39. The molecule has 1 heterocycles. The Kier molecular flexibility index (Phi) is 3.09. The van der Waals surface area contributed by atoms with Gasteiger partial charge >= 0.3 is 12.3 Å².